The zero-order valence-electron chi connectivity index (χ0n) is 13.8. The standard InChI is InChI=1S/C17H17F4N3O2/c18-13-3-1-2-12(10-13)15-22-16(26-23-15)11-5-8-24(9-6-11)14(25)4-7-17(19,20)21/h1-3,10-11H,4-9H2. The summed E-state index contributed by atoms with van der Waals surface area (Å²) in [5.74, 6) is -0.294. The molecule has 0 spiro atoms. The second-order valence-electron chi connectivity index (χ2n) is 6.24. The number of aromatic nitrogens is 2. The van der Waals surface area contributed by atoms with Gasteiger partial charge in [0.2, 0.25) is 17.6 Å². The van der Waals surface area contributed by atoms with E-state index in [1.54, 1.807) is 12.1 Å². The van der Waals surface area contributed by atoms with Gasteiger partial charge in [0.05, 0.1) is 6.42 Å². The molecule has 1 aromatic heterocycles. The summed E-state index contributed by atoms with van der Waals surface area (Å²) in [5.41, 5.74) is 0.500. The summed E-state index contributed by atoms with van der Waals surface area (Å²) >= 11 is 0. The lowest BCUT2D eigenvalue weighted by Crippen LogP contribution is -2.38. The van der Waals surface area contributed by atoms with Crippen LogP contribution in [0.2, 0.25) is 0 Å². The quantitative estimate of drug-likeness (QED) is 0.765. The second-order valence-corrected chi connectivity index (χ2v) is 6.24. The fraction of sp³-hybridized carbons (Fsp3) is 0.471. The summed E-state index contributed by atoms with van der Waals surface area (Å²) in [4.78, 5) is 17.6. The van der Waals surface area contributed by atoms with Gasteiger partial charge in [-0.3, -0.25) is 4.79 Å². The molecule has 1 fully saturated rings. The molecule has 0 atom stereocenters. The van der Waals surface area contributed by atoms with Crippen LogP contribution >= 0.6 is 0 Å². The van der Waals surface area contributed by atoms with Crippen molar-refractivity contribution in [1.29, 1.82) is 0 Å². The summed E-state index contributed by atoms with van der Waals surface area (Å²) < 4.78 is 55.2. The van der Waals surface area contributed by atoms with Crippen molar-refractivity contribution in [2.24, 2.45) is 0 Å². The number of likely N-dealkylation sites (tertiary alicyclic amines) is 1. The van der Waals surface area contributed by atoms with Gasteiger partial charge in [-0.15, -0.1) is 0 Å². The maximum atomic E-state index is 13.3. The first kappa shape index (κ1) is 18.3. The average Bonchev–Trinajstić information content (AvgIpc) is 3.09. The fourth-order valence-corrected chi connectivity index (χ4v) is 2.93. The molecule has 0 unspecified atom stereocenters. The highest BCUT2D eigenvalue weighted by Crippen LogP contribution is 2.29. The predicted octanol–water partition coefficient (Wildman–Crippen LogP) is 3.92. The van der Waals surface area contributed by atoms with Gasteiger partial charge in [0, 0.05) is 31.0 Å². The first-order valence-electron chi connectivity index (χ1n) is 8.26. The van der Waals surface area contributed by atoms with Crippen LogP contribution in [0, 0.1) is 5.82 Å². The van der Waals surface area contributed by atoms with Crippen molar-refractivity contribution in [3.8, 4) is 11.4 Å². The van der Waals surface area contributed by atoms with E-state index in [4.69, 9.17) is 4.52 Å². The Morgan fingerprint density at radius 3 is 2.65 bits per heavy atom. The monoisotopic (exact) mass is 371 g/mol. The van der Waals surface area contributed by atoms with E-state index in [9.17, 15) is 22.4 Å². The highest BCUT2D eigenvalue weighted by molar-refractivity contribution is 5.76. The Morgan fingerprint density at radius 1 is 1.27 bits per heavy atom. The van der Waals surface area contributed by atoms with Crippen LogP contribution in [-0.4, -0.2) is 40.2 Å². The van der Waals surface area contributed by atoms with E-state index in [0.29, 0.717) is 37.4 Å². The van der Waals surface area contributed by atoms with Crippen LogP contribution < -0.4 is 0 Å². The Hall–Kier alpha value is -2.45. The Kier molecular flexibility index (Phi) is 5.24. The van der Waals surface area contributed by atoms with Crippen LogP contribution in [-0.2, 0) is 4.79 Å². The SMILES string of the molecule is O=C(CCC(F)(F)F)N1CCC(c2nc(-c3cccc(F)c3)no2)CC1. The molecule has 1 aliphatic rings. The lowest BCUT2D eigenvalue weighted by molar-refractivity contribution is -0.149. The molecule has 0 N–H and O–H groups in total. The van der Waals surface area contributed by atoms with Gasteiger partial charge in [-0.1, -0.05) is 17.3 Å². The fourth-order valence-electron chi connectivity index (χ4n) is 2.93. The molecule has 0 bridgehead atoms. The van der Waals surface area contributed by atoms with Crippen molar-refractivity contribution in [1.82, 2.24) is 15.0 Å². The molecule has 0 aliphatic carbocycles. The minimum absolute atomic E-state index is 0.0727. The minimum Gasteiger partial charge on any atom is -0.343 e. The van der Waals surface area contributed by atoms with Gasteiger partial charge in [-0.2, -0.15) is 18.2 Å². The zero-order valence-corrected chi connectivity index (χ0v) is 13.8. The maximum Gasteiger partial charge on any atom is 0.389 e. The highest BCUT2D eigenvalue weighted by atomic mass is 19.4. The molecule has 1 amide bonds. The molecule has 1 saturated heterocycles. The van der Waals surface area contributed by atoms with Gasteiger partial charge in [0.25, 0.3) is 0 Å². The number of halogens is 4. The largest absolute Gasteiger partial charge is 0.389 e. The topological polar surface area (TPSA) is 59.2 Å². The molecule has 3 rings (SSSR count). The van der Waals surface area contributed by atoms with E-state index in [1.807, 2.05) is 0 Å². The third-order valence-corrected chi connectivity index (χ3v) is 4.34. The summed E-state index contributed by atoms with van der Waals surface area (Å²) in [6.45, 7) is 0.693. The van der Waals surface area contributed by atoms with Crippen molar-refractivity contribution in [3.63, 3.8) is 0 Å². The highest BCUT2D eigenvalue weighted by Gasteiger charge is 2.31. The van der Waals surface area contributed by atoms with Crippen molar-refractivity contribution in [2.45, 2.75) is 37.8 Å². The van der Waals surface area contributed by atoms with Crippen LogP contribution in [0.25, 0.3) is 11.4 Å². The first-order chi connectivity index (χ1) is 12.3. The van der Waals surface area contributed by atoms with Crippen LogP contribution in [0.4, 0.5) is 17.6 Å². The third kappa shape index (κ3) is 4.59. The molecule has 2 aromatic rings. The smallest absolute Gasteiger partial charge is 0.343 e. The molecule has 2 heterocycles. The number of amides is 1. The number of hydrogen-bond donors (Lipinski definition) is 0. The van der Waals surface area contributed by atoms with Gasteiger partial charge >= 0.3 is 6.18 Å². The number of piperidine rings is 1. The van der Waals surface area contributed by atoms with Crippen molar-refractivity contribution in [3.05, 3.63) is 36.0 Å². The maximum absolute atomic E-state index is 13.3. The van der Waals surface area contributed by atoms with Crippen LogP contribution in [0.3, 0.4) is 0 Å². The average molecular weight is 371 g/mol. The van der Waals surface area contributed by atoms with Crippen LogP contribution in [0.1, 0.15) is 37.5 Å². The Morgan fingerprint density at radius 2 is 2.00 bits per heavy atom. The number of carbonyl (C=O) groups is 1. The van der Waals surface area contributed by atoms with E-state index in [1.165, 1.54) is 17.0 Å². The molecule has 1 aliphatic heterocycles. The van der Waals surface area contributed by atoms with Crippen molar-refractivity contribution >= 4 is 5.91 Å². The number of nitrogens with zero attached hydrogens (tertiary/aromatic N) is 3. The number of rotatable bonds is 4. The Labute approximate surface area is 147 Å². The van der Waals surface area contributed by atoms with Gasteiger partial charge in [0.1, 0.15) is 5.82 Å². The Balaban J connectivity index is 1.56. The number of benzene rings is 1. The van der Waals surface area contributed by atoms with E-state index < -0.39 is 30.7 Å². The zero-order chi connectivity index (χ0) is 18.7. The lowest BCUT2D eigenvalue weighted by atomic mass is 9.96. The Bertz CT molecular complexity index is 767. The lowest BCUT2D eigenvalue weighted by Gasteiger charge is -2.30. The van der Waals surface area contributed by atoms with E-state index in [-0.39, 0.29) is 11.7 Å². The van der Waals surface area contributed by atoms with E-state index in [2.05, 4.69) is 10.1 Å². The molecule has 0 radical (unpaired) electrons. The van der Waals surface area contributed by atoms with Crippen molar-refractivity contribution < 1.29 is 26.9 Å². The van der Waals surface area contributed by atoms with Crippen LogP contribution in [0.15, 0.2) is 28.8 Å². The summed E-state index contributed by atoms with van der Waals surface area (Å²) in [6, 6.07) is 5.83. The van der Waals surface area contributed by atoms with Gasteiger partial charge < -0.3 is 9.42 Å². The molecule has 140 valence electrons. The molecule has 26 heavy (non-hydrogen) atoms. The minimum atomic E-state index is -4.33. The molecule has 5 nitrogen and oxygen atoms in total. The molecule has 1 aromatic carbocycles. The number of hydrogen-bond acceptors (Lipinski definition) is 4. The molecular weight excluding hydrogens is 354 g/mol. The summed E-state index contributed by atoms with van der Waals surface area (Å²) in [6.07, 6.45) is -4.90. The molecule has 9 heteroatoms. The number of carbonyl (C=O) groups excluding carboxylic acids is 1. The second kappa shape index (κ2) is 7.43. The predicted molar refractivity (Wildman–Crippen MR) is 83.5 cm³/mol. The van der Waals surface area contributed by atoms with Crippen LogP contribution in [0.5, 0.6) is 0 Å². The van der Waals surface area contributed by atoms with Gasteiger partial charge in [0.15, 0.2) is 0 Å². The van der Waals surface area contributed by atoms with E-state index in [0.717, 1.165) is 0 Å². The third-order valence-electron chi connectivity index (χ3n) is 4.34. The first-order valence-corrected chi connectivity index (χ1v) is 8.26. The normalized spacial score (nSPS) is 16.1. The number of alkyl halides is 3. The molecule has 0 saturated carbocycles. The summed E-state index contributed by atoms with van der Waals surface area (Å²) in [5, 5.41) is 3.86. The van der Waals surface area contributed by atoms with Gasteiger partial charge in [-0.05, 0) is 25.0 Å². The van der Waals surface area contributed by atoms with Gasteiger partial charge in [-0.25, -0.2) is 4.39 Å². The van der Waals surface area contributed by atoms with E-state index >= 15 is 0 Å². The summed E-state index contributed by atoms with van der Waals surface area (Å²) in [7, 11) is 0. The molecular formula is C17H17F4N3O2. The van der Waals surface area contributed by atoms with Crippen molar-refractivity contribution in [2.75, 3.05) is 13.1 Å².